The van der Waals surface area contributed by atoms with Gasteiger partial charge in [-0.05, 0) is 32.5 Å². The van der Waals surface area contributed by atoms with Crippen LogP contribution in [0.3, 0.4) is 0 Å². The molecule has 4 heteroatoms. The largest absolute Gasteiger partial charge is 0.490 e. The maximum atomic E-state index is 5.87. The molecule has 0 saturated carbocycles. The molecule has 0 radical (unpaired) electrons. The van der Waals surface area contributed by atoms with Gasteiger partial charge < -0.3 is 19.7 Å². The lowest BCUT2D eigenvalue weighted by atomic mass is 10.1. The molecule has 1 atom stereocenters. The van der Waals surface area contributed by atoms with Gasteiger partial charge in [-0.1, -0.05) is 12.1 Å². The minimum absolute atomic E-state index is 0.580. The van der Waals surface area contributed by atoms with Crippen LogP contribution in [0.25, 0.3) is 0 Å². The number of ether oxygens (including phenoxy) is 2. The molecule has 1 aromatic carbocycles. The fraction of sp³-hybridized carbons (Fsp3) is 0.625. The molecular formula is C16H24N2O2. The summed E-state index contributed by atoms with van der Waals surface area (Å²) in [6.45, 7) is 4.70. The number of nitrogens with zero attached hydrogens (tertiary/aromatic N) is 1. The molecule has 2 heterocycles. The van der Waals surface area contributed by atoms with Gasteiger partial charge >= 0.3 is 0 Å². The van der Waals surface area contributed by atoms with E-state index in [-0.39, 0.29) is 0 Å². The lowest BCUT2D eigenvalue weighted by molar-refractivity contribution is 0.226. The Kier molecular flexibility index (Phi) is 4.43. The first kappa shape index (κ1) is 13.7. The Morgan fingerprint density at radius 3 is 3.05 bits per heavy atom. The number of benzene rings is 1. The van der Waals surface area contributed by atoms with Crippen molar-refractivity contribution < 1.29 is 9.47 Å². The van der Waals surface area contributed by atoms with Crippen LogP contribution in [0.5, 0.6) is 11.5 Å². The normalized spacial score (nSPS) is 23.4. The Labute approximate surface area is 121 Å². The summed E-state index contributed by atoms with van der Waals surface area (Å²) < 4.78 is 11.6. The predicted molar refractivity (Wildman–Crippen MR) is 79.4 cm³/mol. The van der Waals surface area contributed by atoms with E-state index in [1.807, 2.05) is 6.07 Å². The van der Waals surface area contributed by atoms with E-state index >= 15 is 0 Å². The summed E-state index contributed by atoms with van der Waals surface area (Å²) in [5.41, 5.74) is 1.21. The SMILES string of the molecule is CN1CCCC(NCc2cccc3c2OCCCO3)C1. The van der Waals surface area contributed by atoms with E-state index in [4.69, 9.17) is 9.47 Å². The third-order valence-electron chi connectivity index (χ3n) is 4.06. The third kappa shape index (κ3) is 3.25. The molecule has 0 aliphatic carbocycles. The Balaban J connectivity index is 1.65. The van der Waals surface area contributed by atoms with Gasteiger partial charge in [0.1, 0.15) is 0 Å². The van der Waals surface area contributed by atoms with Gasteiger partial charge in [-0.25, -0.2) is 0 Å². The van der Waals surface area contributed by atoms with Gasteiger partial charge in [0.2, 0.25) is 0 Å². The van der Waals surface area contributed by atoms with Crippen LogP contribution in [0.4, 0.5) is 0 Å². The van der Waals surface area contributed by atoms with Crippen LogP contribution in [0.1, 0.15) is 24.8 Å². The lowest BCUT2D eigenvalue weighted by Gasteiger charge is -2.30. The van der Waals surface area contributed by atoms with Crippen molar-refractivity contribution in [3.05, 3.63) is 23.8 Å². The maximum absolute atomic E-state index is 5.87. The fourth-order valence-electron chi connectivity index (χ4n) is 2.98. The van der Waals surface area contributed by atoms with Crippen molar-refractivity contribution in [1.29, 1.82) is 0 Å². The van der Waals surface area contributed by atoms with Crippen LogP contribution in [0.15, 0.2) is 18.2 Å². The Hall–Kier alpha value is -1.26. The molecule has 1 saturated heterocycles. The number of likely N-dealkylation sites (N-methyl/N-ethyl adjacent to an activating group) is 1. The summed E-state index contributed by atoms with van der Waals surface area (Å²) in [5, 5.41) is 3.66. The summed E-state index contributed by atoms with van der Waals surface area (Å²) >= 11 is 0. The Bertz CT molecular complexity index is 450. The molecule has 20 heavy (non-hydrogen) atoms. The molecular weight excluding hydrogens is 252 g/mol. The molecule has 4 nitrogen and oxygen atoms in total. The van der Waals surface area contributed by atoms with Gasteiger partial charge in [-0.2, -0.15) is 0 Å². The second-order valence-corrected chi connectivity index (χ2v) is 5.78. The zero-order valence-corrected chi connectivity index (χ0v) is 12.2. The highest BCUT2D eigenvalue weighted by molar-refractivity contribution is 5.47. The summed E-state index contributed by atoms with van der Waals surface area (Å²) in [6.07, 6.45) is 3.49. The van der Waals surface area contributed by atoms with E-state index in [9.17, 15) is 0 Å². The first-order valence-corrected chi connectivity index (χ1v) is 7.62. The number of nitrogens with one attached hydrogen (secondary N) is 1. The van der Waals surface area contributed by atoms with Crippen LogP contribution in [-0.2, 0) is 6.54 Å². The molecule has 1 aromatic rings. The second kappa shape index (κ2) is 6.46. The molecule has 0 aromatic heterocycles. The topological polar surface area (TPSA) is 33.7 Å². The van der Waals surface area contributed by atoms with E-state index < -0.39 is 0 Å². The van der Waals surface area contributed by atoms with E-state index in [1.54, 1.807) is 0 Å². The van der Waals surface area contributed by atoms with E-state index in [1.165, 1.54) is 24.9 Å². The smallest absolute Gasteiger partial charge is 0.165 e. The highest BCUT2D eigenvalue weighted by atomic mass is 16.5. The molecule has 1 unspecified atom stereocenters. The minimum Gasteiger partial charge on any atom is -0.490 e. The van der Waals surface area contributed by atoms with Crippen LogP contribution in [-0.4, -0.2) is 44.3 Å². The first-order valence-electron chi connectivity index (χ1n) is 7.62. The fourth-order valence-corrected chi connectivity index (χ4v) is 2.98. The van der Waals surface area contributed by atoms with Crippen molar-refractivity contribution in [2.24, 2.45) is 0 Å². The van der Waals surface area contributed by atoms with E-state index in [2.05, 4.69) is 29.4 Å². The summed E-state index contributed by atoms with van der Waals surface area (Å²) in [5.74, 6) is 1.82. The molecule has 1 N–H and O–H groups in total. The zero-order chi connectivity index (χ0) is 13.8. The molecule has 1 fully saturated rings. The summed E-state index contributed by atoms with van der Waals surface area (Å²) in [6, 6.07) is 6.76. The van der Waals surface area contributed by atoms with Crippen molar-refractivity contribution in [2.75, 3.05) is 33.4 Å². The van der Waals surface area contributed by atoms with Gasteiger partial charge in [-0.3, -0.25) is 0 Å². The average molecular weight is 276 g/mol. The monoisotopic (exact) mass is 276 g/mol. The number of para-hydroxylation sites is 1. The van der Waals surface area contributed by atoms with Gasteiger partial charge in [0.25, 0.3) is 0 Å². The molecule has 0 spiro atoms. The van der Waals surface area contributed by atoms with Gasteiger partial charge in [0, 0.05) is 31.1 Å². The number of piperidine rings is 1. The van der Waals surface area contributed by atoms with Crippen molar-refractivity contribution in [3.8, 4) is 11.5 Å². The van der Waals surface area contributed by atoms with Crippen LogP contribution < -0.4 is 14.8 Å². The third-order valence-corrected chi connectivity index (χ3v) is 4.06. The van der Waals surface area contributed by atoms with E-state index in [0.717, 1.165) is 44.2 Å². The lowest BCUT2D eigenvalue weighted by Crippen LogP contribution is -2.43. The molecule has 0 bridgehead atoms. The minimum atomic E-state index is 0.580. The van der Waals surface area contributed by atoms with Crippen LogP contribution in [0.2, 0.25) is 0 Å². The molecule has 2 aliphatic heterocycles. The Morgan fingerprint density at radius 1 is 1.25 bits per heavy atom. The number of hydrogen-bond donors (Lipinski definition) is 1. The summed E-state index contributed by atoms with van der Waals surface area (Å²) in [4.78, 5) is 2.40. The molecule has 0 amide bonds. The van der Waals surface area contributed by atoms with Gasteiger partial charge in [0.05, 0.1) is 13.2 Å². The molecule has 110 valence electrons. The van der Waals surface area contributed by atoms with Crippen LogP contribution >= 0.6 is 0 Å². The van der Waals surface area contributed by atoms with E-state index in [0.29, 0.717) is 6.04 Å². The van der Waals surface area contributed by atoms with Gasteiger partial charge in [-0.15, -0.1) is 0 Å². The Morgan fingerprint density at radius 2 is 2.15 bits per heavy atom. The maximum Gasteiger partial charge on any atom is 0.165 e. The number of rotatable bonds is 3. The van der Waals surface area contributed by atoms with Gasteiger partial charge in [0.15, 0.2) is 11.5 Å². The van der Waals surface area contributed by atoms with Crippen molar-refractivity contribution >= 4 is 0 Å². The van der Waals surface area contributed by atoms with Crippen LogP contribution in [0, 0.1) is 0 Å². The van der Waals surface area contributed by atoms with Crippen molar-refractivity contribution in [3.63, 3.8) is 0 Å². The second-order valence-electron chi connectivity index (χ2n) is 5.78. The van der Waals surface area contributed by atoms with Crippen molar-refractivity contribution in [2.45, 2.75) is 31.8 Å². The highest BCUT2D eigenvalue weighted by Crippen LogP contribution is 2.33. The number of likely N-dealkylation sites (tertiary alicyclic amines) is 1. The molecule has 2 aliphatic rings. The summed E-state index contributed by atoms with van der Waals surface area (Å²) in [7, 11) is 2.19. The predicted octanol–water partition coefficient (Wildman–Crippen LogP) is 2.03. The molecule has 3 rings (SSSR count). The quantitative estimate of drug-likeness (QED) is 0.916. The standard InChI is InChI=1S/C16H24N2O2/c1-18-8-3-6-14(12-18)17-11-13-5-2-7-15-16(13)20-10-4-9-19-15/h2,5,7,14,17H,3-4,6,8-12H2,1H3. The average Bonchev–Trinajstić information content (AvgIpc) is 2.71. The zero-order valence-electron chi connectivity index (χ0n) is 12.2. The first-order chi connectivity index (χ1) is 9.83. The van der Waals surface area contributed by atoms with Crippen molar-refractivity contribution in [1.82, 2.24) is 10.2 Å². The number of fused-ring (bicyclic) bond motifs is 1. The highest BCUT2D eigenvalue weighted by Gasteiger charge is 2.18. The number of hydrogen-bond acceptors (Lipinski definition) is 4.